The van der Waals surface area contributed by atoms with Crippen LogP contribution in [0.5, 0.6) is 0 Å². The van der Waals surface area contributed by atoms with Crippen LogP contribution in [0.25, 0.3) is 0 Å². The topological polar surface area (TPSA) is 38.1 Å². The molecule has 0 amide bonds. The number of benzene rings is 1. The van der Waals surface area contributed by atoms with Crippen LogP contribution >= 0.6 is 0 Å². The van der Waals surface area contributed by atoms with Crippen molar-refractivity contribution in [3.8, 4) is 0 Å². The van der Waals surface area contributed by atoms with Gasteiger partial charge in [0.15, 0.2) is 5.78 Å². The number of carbonyl (C=O) groups is 1. The average molecular weight is 241 g/mol. The molecule has 0 saturated heterocycles. The molecule has 1 aliphatic heterocycles. The zero-order chi connectivity index (χ0) is 12.5. The van der Waals surface area contributed by atoms with E-state index < -0.39 is 0 Å². The lowest BCUT2D eigenvalue weighted by Crippen LogP contribution is -2.31. The zero-order valence-electron chi connectivity index (χ0n) is 10.3. The van der Waals surface area contributed by atoms with Crippen LogP contribution in [-0.4, -0.2) is 22.1 Å². The highest BCUT2D eigenvalue weighted by molar-refractivity contribution is 6.01. The van der Waals surface area contributed by atoms with Gasteiger partial charge in [-0.3, -0.25) is 9.48 Å². The van der Waals surface area contributed by atoms with Gasteiger partial charge in [-0.05, 0) is 5.56 Å². The first kappa shape index (κ1) is 11.0. The Balaban J connectivity index is 1.91. The number of hydrogen-bond donors (Lipinski definition) is 0. The van der Waals surface area contributed by atoms with Gasteiger partial charge in [0.25, 0.3) is 0 Å². The second kappa shape index (κ2) is 4.29. The highest BCUT2D eigenvalue weighted by Crippen LogP contribution is 2.27. The van der Waals surface area contributed by atoms with Gasteiger partial charge in [0.2, 0.25) is 0 Å². The minimum atomic E-state index is 0.189. The molecule has 0 spiro atoms. The van der Waals surface area contributed by atoms with E-state index in [-0.39, 0.29) is 5.78 Å². The Morgan fingerprint density at radius 1 is 1.28 bits per heavy atom. The number of fused-ring (bicyclic) bond motifs is 1. The summed E-state index contributed by atoms with van der Waals surface area (Å²) in [5, 5.41) is 4.19. The quantitative estimate of drug-likeness (QED) is 0.807. The van der Waals surface area contributed by atoms with Gasteiger partial charge in [-0.15, -0.1) is 0 Å². The summed E-state index contributed by atoms with van der Waals surface area (Å²) < 4.78 is 1.68. The summed E-state index contributed by atoms with van der Waals surface area (Å²) >= 11 is 0. The molecule has 0 atom stereocenters. The standard InChI is InChI=1S/C14H15N3O/c1-16-14-12(9-15-16)17(8-7-13(14)18)10-11-5-3-2-4-6-11/h2-6,9H,7-8,10H2,1H3. The molecule has 1 aromatic carbocycles. The number of anilines is 1. The third kappa shape index (κ3) is 1.79. The number of hydrogen-bond acceptors (Lipinski definition) is 3. The van der Waals surface area contributed by atoms with E-state index in [2.05, 4.69) is 22.1 Å². The van der Waals surface area contributed by atoms with Crippen LogP contribution in [0.4, 0.5) is 5.69 Å². The summed E-state index contributed by atoms with van der Waals surface area (Å²) in [5.41, 5.74) is 2.94. The van der Waals surface area contributed by atoms with Gasteiger partial charge in [0, 0.05) is 26.6 Å². The maximum absolute atomic E-state index is 11.9. The van der Waals surface area contributed by atoms with Crippen molar-refractivity contribution in [1.29, 1.82) is 0 Å². The van der Waals surface area contributed by atoms with Crippen molar-refractivity contribution in [2.75, 3.05) is 11.4 Å². The van der Waals surface area contributed by atoms with Crippen molar-refractivity contribution in [3.63, 3.8) is 0 Å². The first-order valence-electron chi connectivity index (χ1n) is 6.10. The second-order valence-corrected chi connectivity index (χ2v) is 4.58. The monoisotopic (exact) mass is 241 g/mol. The molecule has 0 N–H and O–H groups in total. The van der Waals surface area contributed by atoms with E-state index in [0.717, 1.165) is 24.5 Å². The molecule has 18 heavy (non-hydrogen) atoms. The SMILES string of the molecule is Cn1ncc2c1C(=O)CCN2Cc1ccccc1. The fraction of sp³-hybridized carbons (Fsp3) is 0.286. The minimum absolute atomic E-state index is 0.189. The summed E-state index contributed by atoms with van der Waals surface area (Å²) in [6.07, 6.45) is 2.36. The third-order valence-electron chi connectivity index (χ3n) is 3.35. The summed E-state index contributed by atoms with van der Waals surface area (Å²) in [4.78, 5) is 14.1. The van der Waals surface area contributed by atoms with Crippen LogP contribution in [0, 0.1) is 0 Å². The zero-order valence-corrected chi connectivity index (χ0v) is 10.3. The number of aryl methyl sites for hydroxylation is 1. The maximum atomic E-state index is 11.9. The van der Waals surface area contributed by atoms with Crippen LogP contribution in [0.3, 0.4) is 0 Å². The van der Waals surface area contributed by atoms with Crippen molar-refractivity contribution in [3.05, 3.63) is 47.8 Å². The molecule has 0 aliphatic carbocycles. The van der Waals surface area contributed by atoms with Crippen molar-refractivity contribution in [1.82, 2.24) is 9.78 Å². The van der Waals surface area contributed by atoms with Crippen molar-refractivity contribution in [2.24, 2.45) is 7.05 Å². The summed E-state index contributed by atoms with van der Waals surface area (Å²) in [5.74, 6) is 0.189. The Kier molecular flexibility index (Phi) is 2.63. The van der Waals surface area contributed by atoms with Crippen molar-refractivity contribution < 1.29 is 4.79 Å². The molecule has 0 unspecified atom stereocenters. The highest BCUT2D eigenvalue weighted by atomic mass is 16.1. The smallest absolute Gasteiger partial charge is 0.184 e. The fourth-order valence-electron chi connectivity index (χ4n) is 2.42. The normalized spacial score (nSPS) is 14.7. The Morgan fingerprint density at radius 2 is 2.06 bits per heavy atom. The molecule has 0 saturated carbocycles. The second-order valence-electron chi connectivity index (χ2n) is 4.58. The van der Waals surface area contributed by atoms with E-state index >= 15 is 0 Å². The molecule has 0 radical (unpaired) electrons. The van der Waals surface area contributed by atoms with Gasteiger partial charge in [0.05, 0.1) is 11.9 Å². The molecule has 1 aliphatic rings. The van der Waals surface area contributed by atoms with Gasteiger partial charge in [-0.1, -0.05) is 30.3 Å². The molecule has 92 valence electrons. The van der Waals surface area contributed by atoms with Gasteiger partial charge in [-0.2, -0.15) is 5.10 Å². The van der Waals surface area contributed by atoms with Crippen LogP contribution in [0.1, 0.15) is 22.5 Å². The Morgan fingerprint density at radius 3 is 2.83 bits per heavy atom. The minimum Gasteiger partial charge on any atom is -0.364 e. The van der Waals surface area contributed by atoms with E-state index in [1.54, 1.807) is 10.9 Å². The Bertz CT molecular complexity index is 574. The first-order chi connectivity index (χ1) is 8.75. The van der Waals surface area contributed by atoms with Crippen molar-refractivity contribution >= 4 is 11.5 Å². The van der Waals surface area contributed by atoms with Gasteiger partial charge in [0.1, 0.15) is 5.69 Å². The molecule has 2 heterocycles. The van der Waals surface area contributed by atoms with E-state index in [0.29, 0.717) is 6.42 Å². The molecular formula is C14H15N3O. The molecular weight excluding hydrogens is 226 g/mol. The number of rotatable bonds is 2. The lowest BCUT2D eigenvalue weighted by Gasteiger charge is -2.28. The number of Topliss-reactive ketones (excluding diaryl/α,β-unsaturated/α-hetero) is 1. The average Bonchev–Trinajstić information content (AvgIpc) is 2.78. The first-order valence-corrected chi connectivity index (χ1v) is 6.10. The molecule has 1 aromatic heterocycles. The van der Waals surface area contributed by atoms with Gasteiger partial charge in [-0.25, -0.2) is 0 Å². The predicted octanol–water partition coefficient (Wildman–Crippen LogP) is 2.01. The molecule has 0 bridgehead atoms. The highest BCUT2D eigenvalue weighted by Gasteiger charge is 2.26. The third-order valence-corrected chi connectivity index (χ3v) is 3.35. The van der Waals surface area contributed by atoms with E-state index in [4.69, 9.17) is 0 Å². The summed E-state index contributed by atoms with van der Waals surface area (Å²) in [7, 11) is 1.82. The van der Waals surface area contributed by atoms with Crippen LogP contribution < -0.4 is 4.90 Å². The molecule has 3 rings (SSSR count). The fourth-order valence-corrected chi connectivity index (χ4v) is 2.42. The van der Waals surface area contributed by atoms with E-state index in [9.17, 15) is 4.79 Å². The molecule has 4 heteroatoms. The Hall–Kier alpha value is -2.10. The lowest BCUT2D eigenvalue weighted by molar-refractivity contribution is 0.0970. The summed E-state index contributed by atoms with van der Waals surface area (Å²) in [6.45, 7) is 1.60. The number of carbonyl (C=O) groups excluding carboxylic acids is 1. The van der Waals surface area contributed by atoms with Crippen LogP contribution in [0.15, 0.2) is 36.5 Å². The van der Waals surface area contributed by atoms with Crippen LogP contribution in [-0.2, 0) is 13.6 Å². The number of ketones is 1. The van der Waals surface area contributed by atoms with Gasteiger partial charge < -0.3 is 4.90 Å². The number of nitrogens with zero attached hydrogens (tertiary/aromatic N) is 3. The molecule has 0 fully saturated rings. The van der Waals surface area contributed by atoms with Gasteiger partial charge >= 0.3 is 0 Å². The van der Waals surface area contributed by atoms with Crippen molar-refractivity contribution in [2.45, 2.75) is 13.0 Å². The Labute approximate surface area is 106 Å². The molecule has 4 nitrogen and oxygen atoms in total. The largest absolute Gasteiger partial charge is 0.364 e. The maximum Gasteiger partial charge on any atom is 0.184 e. The van der Waals surface area contributed by atoms with Crippen LogP contribution in [0.2, 0.25) is 0 Å². The van der Waals surface area contributed by atoms with E-state index in [1.807, 2.05) is 25.2 Å². The summed E-state index contributed by atoms with van der Waals surface area (Å²) in [6, 6.07) is 10.3. The predicted molar refractivity (Wildman–Crippen MR) is 69.6 cm³/mol. The van der Waals surface area contributed by atoms with E-state index in [1.165, 1.54) is 5.56 Å². The number of aromatic nitrogens is 2. The lowest BCUT2D eigenvalue weighted by atomic mass is 10.1. The molecule has 2 aromatic rings.